The fourth-order valence-electron chi connectivity index (χ4n) is 2.62. The summed E-state index contributed by atoms with van der Waals surface area (Å²) in [5, 5.41) is 3.25. The Morgan fingerprint density at radius 1 is 1.07 bits per heavy atom. The van der Waals surface area contributed by atoms with Crippen molar-refractivity contribution in [3.8, 4) is 0 Å². The van der Waals surface area contributed by atoms with Crippen LogP contribution in [0.25, 0.3) is 0 Å². The van der Waals surface area contributed by atoms with Crippen molar-refractivity contribution in [3.63, 3.8) is 0 Å². The van der Waals surface area contributed by atoms with Crippen molar-refractivity contribution in [1.29, 1.82) is 0 Å². The number of hydrogen-bond donors (Lipinski definition) is 1. The number of carbonyl (C=O) groups is 1. The molecule has 7 heteroatoms. The van der Waals surface area contributed by atoms with Crippen molar-refractivity contribution in [2.45, 2.75) is 39.0 Å². The number of carbonyl (C=O) groups excluding carboxylic acids is 1. The molecule has 0 heterocycles. The van der Waals surface area contributed by atoms with E-state index in [0.29, 0.717) is 23.2 Å². The summed E-state index contributed by atoms with van der Waals surface area (Å²) in [5.74, 6) is 0.116. The van der Waals surface area contributed by atoms with Gasteiger partial charge in [-0.2, -0.15) is 0 Å². The van der Waals surface area contributed by atoms with Gasteiger partial charge in [0.1, 0.15) is 6.54 Å². The van der Waals surface area contributed by atoms with Crippen LogP contribution in [0.1, 0.15) is 31.4 Å². The molecule has 0 aliphatic heterocycles. The average molecular weight is 423 g/mol. The summed E-state index contributed by atoms with van der Waals surface area (Å²) in [5.41, 5.74) is 2.46. The number of aryl methyl sites for hydroxylation is 2. The zero-order chi connectivity index (χ0) is 20.9. The van der Waals surface area contributed by atoms with Crippen molar-refractivity contribution < 1.29 is 13.2 Å². The van der Waals surface area contributed by atoms with Gasteiger partial charge in [-0.3, -0.25) is 9.10 Å². The van der Waals surface area contributed by atoms with E-state index in [1.807, 2.05) is 19.9 Å². The minimum atomic E-state index is -3.92. The molecule has 0 saturated carbocycles. The maximum Gasteiger partial charge on any atom is 0.264 e. The Morgan fingerprint density at radius 3 is 2.29 bits per heavy atom. The summed E-state index contributed by atoms with van der Waals surface area (Å²) in [6.45, 7) is 8.23. The van der Waals surface area contributed by atoms with Gasteiger partial charge in [0.15, 0.2) is 0 Å². The maximum absolute atomic E-state index is 13.3. The third-order valence-electron chi connectivity index (χ3n) is 4.51. The number of anilines is 1. The van der Waals surface area contributed by atoms with Gasteiger partial charge in [0.2, 0.25) is 5.91 Å². The first-order valence-electron chi connectivity index (χ1n) is 9.23. The fourth-order valence-corrected chi connectivity index (χ4v) is 4.15. The highest BCUT2D eigenvalue weighted by Gasteiger charge is 2.27. The molecule has 0 aliphatic rings. The Labute approximate surface area is 172 Å². The second-order valence-corrected chi connectivity index (χ2v) is 9.57. The quantitative estimate of drug-likeness (QED) is 0.689. The van der Waals surface area contributed by atoms with E-state index in [1.54, 1.807) is 12.1 Å². The highest BCUT2D eigenvalue weighted by molar-refractivity contribution is 7.92. The monoisotopic (exact) mass is 422 g/mol. The Bertz CT molecular complexity index is 925. The van der Waals surface area contributed by atoms with Gasteiger partial charge in [-0.25, -0.2) is 8.42 Å². The van der Waals surface area contributed by atoms with Crippen molar-refractivity contribution in [2.75, 3.05) is 17.4 Å². The average Bonchev–Trinajstić information content (AvgIpc) is 2.62. The molecule has 2 aromatic carbocycles. The highest BCUT2D eigenvalue weighted by atomic mass is 35.5. The Morgan fingerprint density at radius 2 is 1.71 bits per heavy atom. The van der Waals surface area contributed by atoms with E-state index in [2.05, 4.69) is 19.2 Å². The van der Waals surface area contributed by atoms with Gasteiger partial charge in [0.05, 0.1) is 10.6 Å². The van der Waals surface area contributed by atoms with Gasteiger partial charge in [-0.1, -0.05) is 31.5 Å². The SMILES string of the molecule is Cc1ccc(N(CC(=O)NCCC(C)C)S(=O)(=O)c2ccc(Cl)cc2)cc1C. The van der Waals surface area contributed by atoms with Crippen molar-refractivity contribution >= 4 is 33.2 Å². The lowest BCUT2D eigenvalue weighted by Gasteiger charge is -2.25. The summed E-state index contributed by atoms with van der Waals surface area (Å²) in [6.07, 6.45) is 0.833. The molecular formula is C21H27ClN2O3S. The lowest BCUT2D eigenvalue weighted by molar-refractivity contribution is -0.119. The molecule has 28 heavy (non-hydrogen) atoms. The van der Waals surface area contributed by atoms with Crippen LogP contribution in [-0.2, 0) is 14.8 Å². The molecule has 5 nitrogen and oxygen atoms in total. The van der Waals surface area contributed by atoms with Crippen LogP contribution >= 0.6 is 11.6 Å². The second kappa shape index (κ2) is 9.43. The van der Waals surface area contributed by atoms with Crippen LogP contribution in [0.15, 0.2) is 47.4 Å². The van der Waals surface area contributed by atoms with Gasteiger partial charge in [-0.05, 0) is 73.7 Å². The molecule has 0 unspecified atom stereocenters. The van der Waals surface area contributed by atoms with Crippen molar-refractivity contribution in [2.24, 2.45) is 5.92 Å². The lowest BCUT2D eigenvalue weighted by Crippen LogP contribution is -2.41. The van der Waals surface area contributed by atoms with E-state index in [-0.39, 0.29) is 17.3 Å². The second-order valence-electron chi connectivity index (χ2n) is 7.27. The molecule has 152 valence electrons. The van der Waals surface area contributed by atoms with Crippen LogP contribution in [0.3, 0.4) is 0 Å². The number of sulfonamides is 1. The maximum atomic E-state index is 13.3. The van der Waals surface area contributed by atoms with E-state index in [9.17, 15) is 13.2 Å². The Balaban J connectivity index is 2.36. The summed E-state index contributed by atoms with van der Waals surface area (Å²) in [7, 11) is -3.92. The van der Waals surface area contributed by atoms with Gasteiger partial charge in [-0.15, -0.1) is 0 Å². The molecule has 0 fully saturated rings. The van der Waals surface area contributed by atoms with Crippen LogP contribution in [0, 0.1) is 19.8 Å². The lowest BCUT2D eigenvalue weighted by atomic mass is 10.1. The zero-order valence-electron chi connectivity index (χ0n) is 16.7. The molecule has 0 saturated heterocycles. The molecule has 1 amide bonds. The van der Waals surface area contributed by atoms with Gasteiger partial charge >= 0.3 is 0 Å². The first-order valence-corrected chi connectivity index (χ1v) is 11.1. The van der Waals surface area contributed by atoms with Gasteiger partial charge in [0, 0.05) is 11.6 Å². The molecule has 0 bridgehead atoms. The minimum Gasteiger partial charge on any atom is -0.355 e. The van der Waals surface area contributed by atoms with Crippen LogP contribution in [-0.4, -0.2) is 27.4 Å². The molecule has 0 aliphatic carbocycles. The predicted molar refractivity (Wildman–Crippen MR) is 114 cm³/mol. The predicted octanol–water partition coefficient (Wildman–Crippen LogP) is 4.31. The number of nitrogens with one attached hydrogen (secondary N) is 1. The standard InChI is InChI=1S/C21H27ClN2O3S/c1-15(2)11-12-23-21(25)14-24(19-8-5-16(3)17(4)13-19)28(26,27)20-9-6-18(22)7-10-20/h5-10,13,15H,11-12,14H2,1-4H3,(H,23,25). The largest absolute Gasteiger partial charge is 0.355 e. The summed E-state index contributed by atoms with van der Waals surface area (Å²) in [4.78, 5) is 12.5. The van der Waals surface area contributed by atoms with Crippen molar-refractivity contribution in [1.82, 2.24) is 5.32 Å². The zero-order valence-corrected chi connectivity index (χ0v) is 18.3. The van der Waals surface area contributed by atoms with E-state index in [0.717, 1.165) is 21.9 Å². The molecular weight excluding hydrogens is 396 g/mol. The minimum absolute atomic E-state index is 0.0881. The fraction of sp³-hybridized carbons (Fsp3) is 0.381. The van der Waals surface area contributed by atoms with Crippen LogP contribution in [0.5, 0.6) is 0 Å². The molecule has 2 aromatic rings. The molecule has 0 aromatic heterocycles. The molecule has 0 spiro atoms. The topological polar surface area (TPSA) is 66.5 Å². The van der Waals surface area contributed by atoms with Crippen LogP contribution in [0.2, 0.25) is 5.02 Å². The van der Waals surface area contributed by atoms with Gasteiger partial charge in [0.25, 0.3) is 10.0 Å². The van der Waals surface area contributed by atoms with E-state index in [1.165, 1.54) is 24.3 Å². The number of hydrogen-bond acceptors (Lipinski definition) is 3. The molecule has 0 radical (unpaired) electrons. The smallest absolute Gasteiger partial charge is 0.264 e. The summed E-state index contributed by atoms with van der Waals surface area (Å²) < 4.78 is 27.7. The summed E-state index contributed by atoms with van der Waals surface area (Å²) >= 11 is 5.89. The van der Waals surface area contributed by atoms with Crippen LogP contribution in [0.4, 0.5) is 5.69 Å². The Kier molecular flexibility index (Phi) is 7.49. The van der Waals surface area contributed by atoms with E-state index >= 15 is 0 Å². The number of nitrogens with zero attached hydrogens (tertiary/aromatic N) is 1. The molecule has 2 rings (SSSR count). The summed E-state index contributed by atoms with van der Waals surface area (Å²) in [6, 6.07) is 11.3. The molecule has 0 atom stereocenters. The third kappa shape index (κ3) is 5.72. The number of amides is 1. The first-order chi connectivity index (χ1) is 13.1. The van der Waals surface area contributed by atoms with Crippen molar-refractivity contribution in [3.05, 3.63) is 58.6 Å². The van der Waals surface area contributed by atoms with Gasteiger partial charge < -0.3 is 5.32 Å². The number of rotatable bonds is 8. The Hall–Kier alpha value is -2.05. The number of halogens is 1. The first kappa shape index (κ1) is 22.2. The van der Waals surface area contributed by atoms with E-state index < -0.39 is 10.0 Å². The van der Waals surface area contributed by atoms with E-state index in [4.69, 9.17) is 11.6 Å². The molecule has 1 N–H and O–H groups in total. The number of benzene rings is 2. The highest BCUT2D eigenvalue weighted by Crippen LogP contribution is 2.26. The van der Waals surface area contributed by atoms with Crippen LogP contribution < -0.4 is 9.62 Å². The third-order valence-corrected chi connectivity index (χ3v) is 6.55. The normalized spacial score (nSPS) is 11.5.